The number of rotatable bonds is 5. The number of aromatic nitrogens is 2. The number of thiophene rings is 1. The summed E-state index contributed by atoms with van der Waals surface area (Å²) in [7, 11) is 0. The van der Waals surface area contributed by atoms with Crippen LogP contribution in [0.25, 0.3) is 109 Å². The minimum absolute atomic E-state index is 0.0789. The summed E-state index contributed by atoms with van der Waals surface area (Å²) in [6.07, 6.45) is 0. The molecule has 2 aromatic heterocycles. The third-order valence-corrected chi connectivity index (χ3v) is 13.8. The fraction of sp³-hybridized carbons (Fsp3) is 0.0526. The Labute approximate surface area is 353 Å². The fourth-order valence-corrected chi connectivity index (χ4v) is 11.0. The fourth-order valence-electron chi connectivity index (χ4n) is 9.86. The molecule has 2 nitrogen and oxygen atoms in total. The summed E-state index contributed by atoms with van der Waals surface area (Å²) in [5.41, 5.74) is 15.3. The van der Waals surface area contributed by atoms with Crippen molar-refractivity contribution in [3.63, 3.8) is 0 Å². The highest BCUT2D eigenvalue weighted by molar-refractivity contribution is 7.25. The maximum Gasteiger partial charge on any atom is 0.160 e. The zero-order valence-electron chi connectivity index (χ0n) is 33.3. The first-order valence-electron chi connectivity index (χ1n) is 20.6. The normalized spacial score (nSPS) is 13.0. The second kappa shape index (κ2) is 13.4. The highest BCUT2D eigenvalue weighted by Gasteiger charge is 2.37. The van der Waals surface area contributed by atoms with Gasteiger partial charge in [0, 0.05) is 42.3 Å². The van der Waals surface area contributed by atoms with E-state index in [4.69, 9.17) is 9.97 Å². The van der Waals surface area contributed by atoms with Gasteiger partial charge in [0.25, 0.3) is 0 Å². The third-order valence-electron chi connectivity index (χ3n) is 12.7. The SMILES string of the molecule is CC1(C)c2ccc(-c3cccc(-c4ccc(-c5cc(-c6cccc7sc8ccccc8c67)nc(-c6ccccc6)n5)c5ccccc45)c3)cc2-c2ccc3ccccc3c21. The molecule has 0 radical (unpaired) electrons. The van der Waals surface area contributed by atoms with Gasteiger partial charge in [0.15, 0.2) is 5.82 Å². The molecule has 1 aliphatic carbocycles. The van der Waals surface area contributed by atoms with E-state index in [9.17, 15) is 0 Å². The lowest BCUT2D eigenvalue weighted by molar-refractivity contribution is 0.666. The van der Waals surface area contributed by atoms with E-state index in [0.717, 1.165) is 33.5 Å². The van der Waals surface area contributed by atoms with Crippen LogP contribution < -0.4 is 0 Å². The van der Waals surface area contributed by atoms with Crippen LogP contribution in [0.1, 0.15) is 25.0 Å². The van der Waals surface area contributed by atoms with Crippen LogP contribution in [0, 0.1) is 0 Å². The van der Waals surface area contributed by atoms with Crippen molar-refractivity contribution in [3.8, 4) is 67.3 Å². The second-order valence-corrected chi connectivity index (χ2v) is 17.6. The molecule has 0 aliphatic heterocycles. The van der Waals surface area contributed by atoms with E-state index in [2.05, 4.69) is 202 Å². The molecule has 1 aliphatic rings. The summed E-state index contributed by atoms with van der Waals surface area (Å²) < 4.78 is 2.54. The number of hydrogen-bond donors (Lipinski definition) is 0. The number of hydrogen-bond acceptors (Lipinski definition) is 3. The Hall–Kier alpha value is -7.20. The topological polar surface area (TPSA) is 25.8 Å². The predicted octanol–water partition coefficient (Wildman–Crippen LogP) is 15.8. The molecule has 0 amide bonds. The summed E-state index contributed by atoms with van der Waals surface area (Å²) in [4.78, 5) is 10.6. The molecule has 282 valence electrons. The van der Waals surface area contributed by atoms with Crippen LogP contribution in [-0.4, -0.2) is 9.97 Å². The Balaban J connectivity index is 0.988. The molecule has 0 spiro atoms. The summed E-state index contributed by atoms with van der Waals surface area (Å²) in [5, 5.41) is 7.49. The van der Waals surface area contributed by atoms with Gasteiger partial charge < -0.3 is 0 Å². The van der Waals surface area contributed by atoms with Crippen LogP contribution >= 0.6 is 11.3 Å². The minimum Gasteiger partial charge on any atom is -0.228 e. The van der Waals surface area contributed by atoms with Gasteiger partial charge in [-0.2, -0.15) is 0 Å². The summed E-state index contributed by atoms with van der Waals surface area (Å²) in [6.45, 7) is 4.74. The molecule has 11 aromatic rings. The van der Waals surface area contributed by atoms with Gasteiger partial charge in [-0.3, -0.25) is 0 Å². The van der Waals surface area contributed by atoms with Crippen LogP contribution in [0.15, 0.2) is 194 Å². The van der Waals surface area contributed by atoms with Gasteiger partial charge in [-0.25, -0.2) is 9.97 Å². The van der Waals surface area contributed by atoms with E-state index < -0.39 is 0 Å². The van der Waals surface area contributed by atoms with Gasteiger partial charge in [-0.05, 0) is 96.4 Å². The monoisotopic (exact) mass is 782 g/mol. The molecule has 2 heterocycles. The van der Waals surface area contributed by atoms with Gasteiger partial charge in [-0.1, -0.05) is 178 Å². The molecule has 0 atom stereocenters. The summed E-state index contributed by atoms with van der Waals surface area (Å²) in [6, 6.07) is 70.6. The van der Waals surface area contributed by atoms with Crippen LogP contribution in [0.3, 0.4) is 0 Å². The number of benzene rings is 9. The van der Waals surface area contributed by atoms with Gasteiger partial charge in [0.05, 0.1) is 11.4 Å². The van der Waals surface area contributed by atoms with Crippen LogP contribution in [0.2, 0.25) is 0 Å². The standard InChI is InChI=1S/C57H38N2S/c1-57(2)49-31-27-38(33-48(49)45-28-26-35-14-6-7-19-41(35)55(45)57)37-17-12-18-39(32-37)40-29-30-44(43-21-9-8-20-42(40)43)50-34-51(59-56(58-50)36-15-4-3-5-16-36)46-23-13-25-53-54(46)47-22-10-11-24-52(47)60-53/h3-34H,1-2H3. The van der Waals surface area contributed by atoms with Gasteiger partial charge in [0.2, 0.25) is 0 Å². The predicted molar refractivity (Wildman–Crippen MR) is 255 cm³/mol. The minimum atomic E-state index is -0.0789. The highest BCUT2D eigenvalue weighted by atomic mass is 32.1. The Morgan fingerprint density at radius 1 is 0.383 bits per heavy atom. The first kappa shape index (κ1) is 34.8. The summed E-state index contributed by atoms with van der Waals surface area (Å²) >= 11 is 1.83. The van der Waals surface area contributed by atoms with Gasteiger partial charge >= 0.3 is 0 Å². The molecule has 0 fully saturated rings. The van der Waals surface area contributed by atoms with E-state index in [1.165, 1.54) is 80.8 Å². The Morgan fingerprint density at radius 2 is 1.00 bits per heavy atom. The van der Waals surface area contributed by atoms with E-state index >= 15 is 0 Å². The second-order valence-electron chi connectivity index (χ2n) is 16.5. The van der Waals surface area contributed by atoms with E-state index in [1.807, 2.05) is 17.4 Å². The Morgan fingerprint density at radius 3 is 1.85 bits per heavy atom. The molecular weight excluding hydrogens is 745 g/mol. The molecule has 0 saturated heterocycles. The Kier molecular flexibility index (Phi) is 7.79. The maximum absolute atomic E-state index is 5.30. The first-order valence-corrected chi connectivity index (χ1v) is 21.5. The molecule has 3 heteroatoms. The molecule has 0 N–H and O–H groups in total. The zero-order chi connectivity index (χ0) is 40.0. The van der Waals surface area contributed by atoms with Gasteiger partial charge in [0.1, 0.15) is 0 Å². The van der Waals surface area contributed by atoms with Crippen molar-refractivity contribution in [1.29, 1.82) is 0 Å². The van der Waals surface area contributed by atoms with Crippen molar-refractivity contribution in [1.82, 2.24) is 9.97 Å². The molecule has 0 bridgehead atoms. The smallest absolute Gasteiger partial charge is 0.160 e. The highest BCUT2D eigenvalue weighted by Crippen LogP contribution is 2.52. The molecule has 0 saturated carbocycles. The van der Waals surface area contributed by atoms with Crippen molar-refractivity contribution in [3.05, 3.63) is 205 Å². The Bertz CT molecular complexity index is 3520. The average molecular weight is 783 g/mol. The van der Waals surface area contributed by atoms with Crippen LogP contribution in [0.4, 0.5) is 0 Å². The van der Waals surface area contributed by atoms with Crippen LogP contribution in [0.5, 0.6) is 0 Å². The first-order chi connectivity index (χ1) is 29.5. The van der Waals surface area contributed by atoms with Gasteiger partial charge in [-0.15, -0.1) is 11.3 Å². The molecule has 60 heavy (non-hydrogen) atoms. The molecule has 0 unspecified atom stereocenters. The number of fused-ring (bicyclic) bond motifs is 9. The maximum atomic E-state index is 5.30. The number of nitrogens with zero attached hydrogens (tertiary/aromatic N) is 2. The van der Waals surface area contributed by atoms with Crippen molar-refractivity contribution < 1.29 is 0 Å². The molecule has 12 rings (SSSR count). The average Bonchev–Trinajstić information content (AvgIpc) is 3.80. The molecule has 9 aromatic carbocycles. The quantitative estimate of drug-likeness (QED) is 0.174. The van der Waals surface area contributed by atoms with Crippen molar-refractivity contribution >= 4 is 53.1 Å². The summed E-state index contributed by atoms with van der Waals surface area (Å²) in [5.74, 6) is 0.717. The lowest BCUT2D eigenvalue weighted by atomic mass is 9.80. The van der Waals surface area contributed by atoms with E-state index in [0.29, 0.717) is 5.82 Å². The van der Waals surface area contributed by atoms with Crippen molar-refractivity contribution in [2.24, 2.45) is 0 Å². The largest absolute Gasteiger partial charge is 0.228 e. The zero-order valence-corrected chi connectivity index (χ0v) is 34.1. The molecular formula is C57H38N2S. The lowest BCUT2D eigenvalue weighted by Crippen LogP contribution is -2.15. The van der Waals surface area contributed by atoms with Crippen LogP contribution in [-0.2, 0) is 5.41 Å². The third kappa shape index (κ3) is 5.40. The van der Waals surface area contributed by atoms with E-state index in [1.54, 1.807) is 0 Å². The van der Waals surface area contributed by atoms with Crippen molar-refractivity contribution in [2.45, 2.75) is 19.3 Å². The van der Waals surface area contributed by atoms with Crippen molar-refractivity contribution in [2.75, 3.05) is 0 Å². The van der Waals surface area contributed by atoms with E-state index in [-0.39, 0.29) is 5.41 Å². The lowest BCUT2D eigenvalue weighted by Gasteiger charge is -2.23.